The highest BCUT2D eigenvalue weighted by Crippen LogP contribution is 2.19. The van der Waals surface area contributed by atoms with Gasteiger partial charge in [0.25, 0.3) is 0 Å². The molecule has 0 aromatic heterocycles. The molecule has 0 aromatic rings. The molecule has 0 spiro atoms. The van der Waals surface area contributed by atoms with Crippen molar-refractivity contribution in [3.05, 3.63) is 12.2 Å². The molecule has 3 heteroatoms. The molecular weight excluding hydrogens is 121 g/mol. The monoisotopic (exact) mass is 126 g/mol. The van der Waals surface area contributed by atoms with Crippen molar-refractivity contribution < 1.29 is 8.78 Å². The fourth-order valence-electron chi connectivity index (χ4n) is 0.189. The number of halogens is 3. The van der Waals surface area contributed by atoms with Gasteiger partial charge >= 0.3 is 5.38 Å². The Hall–Kier alpha value is -0.110. The Morgan fingerprint density at radius 2 is 2.00 bits per heavy atom. The summed E-state index contributed by atoms with van der Waals surface area (Å²) < 4.78 is 22.8. The van der Waals surface area contributed by atoms with Crippen molar-refractivity contribution in [3.63, 3.8) is 0 Å². The van der Waals surface area contributed by atoms with E-state index in [9.17, 15) is 8.78 Å². The average Bonchev–Trinajstić information content (AvgIpc) is 1.30. The third-order valence-corrected chi connectivity index (χ3v) is 0.482. The van der Waals surface area contributed by atoms with Crippen LogP contribution in [0.15, 0.2) is 12.2 Å². The van der Waals surface area contributed by atoms with Crippen LogP contribution in [0, 0.1) is 0 Å². The molecule has 0 saturated heterocycles. The van der Waals surface area contributed by atoms with Gasteiger partial charge in [-0.1, -0.05) is 6.08 Å². The van der Waals surface area contributed by atoms with Crippen LogP contribution in [0.3, 0.4) is 0 Å². The summed E-state index contributed by atoms with van der Waals surface area (Å²) in [6.07, 6.45) is 1.82. The molecule has 0 nitrogen and oxygen atoms in total. The number of alkyl halides is 3. The van der Waals surface area contributed by atoms with Crippen LogP contribution in [0.5, 0.6) is 0 Å². The standard InChI is InChI=1S/C4H5ClF2/c1-2-3-4(5,6)7/h2-3H,1H3. The zero-order valence-corrected chi connectivity index (χ0v) is 4.54. The quantitative estimate of drug-likeness (QED) is 0.374. The average molecular weight is 127 g/mol. The van der Waals surface area contributed by atoms with Gasteiger partial charge in [0.2, 0.25) is 0 Å². The number of rotatable bonds is 1. The maximum absolute atomic E-state index is 11.4. The summed E-state index contributed by atoms with van der Waals surface area (Å²) in [5.41, 5.74) is 0. The van der Waals surface area contributed by atoms with E-state index < -0.39 is 5.38 Å². The van der Waals surface area contributed by atoms with E-state index in [4.69, 9.17) is 0 Å². The summed E-state index contributed by atoms with van der Waals surface area (Å²) in [5, 5.41) is -3.16. The van der Waals surface area contributed by atoms with Crippen LogP contribution in [-0.4, -0.2) is 5.38 Å². The van der Waals surface area contributed by atoms with Crippen molar-refractivity contribution in [1.29, 1.82) is 0 Å². The lowest BCUT2D eigenvalue weighted by Crippen LogP contribution is -1.97. The molecule has 0 bridgehead atoms. The van der Waals surface area contributed by atoms with Crippen LogP contribution in [0.1, 0.15) is 6.92 Å². The van der Waals surface area contributed by atoms with Gasteiger partial charge in [-0.05, 0) is 24.6 Å². The fourth-order valence-corrected chi connectivity index (χ4v) is 0.315. The minimum absolute atomic E-state index is 0.620. The largest absolute Gasteiger partial charge is 0.341 e. The maximum Gasteiger partial charge on any atom is 0.341 e. The first-order valence-electron chi connectivity index (χ1n) is 1.77. The molecule has 0 heterocycles. The summed E-state index contributed by atoms with van der Waals surface area (Å²) in [4.78, 5) is 0. The second-order valence-electron chi connectivity index (χ2n) is 1.04. The van der Waals surface area contributed by atoms with E-state index in [2.05, 4.69) is 11.6 Å². The maximum atomic E-state index is 11.4. The predicted molar refractivity (Wildman–Crippen MR) is 25.6 cm³/mol. The number of allylic oxidation sites excluding steroid dienone is 2. The van der Waals surface area contributed by atoms with Gasteiger partial charge in [0, 0.05) is 0 Å². The van der Waals surface area contributed by atoms with Gasteiger partial charge in [-0.25, -0.2) is 0 Å². The van der Waals surface area contributed by atoms with Crippen molar-refractivity contribution in [2.45, 2.75) is 12.3 Å². The van der Waals surface area contributed by atoms with Crippen molar-refractivity contribution >= 4 is 11.6 Å². The minimum atomic E-state index is -3.16. The molecule has 0 rings (SSSR count). The van der Waals surface area contributed by atoms with E-state index in [1.165, 1.54) is 13.0 Å². The van der Waals surface area contributed by atoms with E-state index >= 15 is 0 Å². The predicted octanol–water partition coefficient (Wildman–Crippen LogP) is 2.39. The van der Waals surface area contributed by atoms with Crippen LogP contribution in [0.2, 0.25) is 0 Å². The van der Waals surface area contributed by atoms with Gasteiger partial charge in [-0.15, -0.1) is 0 Å². The highest BCUT2D eigenvalue weighted by molar-refractivity contribution is 6.22. The summed E-state index contributed by atoms with van der Waals surface area (Å²) >= 11 is 4.41. The molecule has 0 aromatic carbocycles. The van der Waals surface area contributed by atoms with Crippen molar-refractivity contribution in [2.75, 3.05) is 0 Å². The van der Waals surface area contributed by atoms with Crippen LogP contribution >= 0.6 is 11.6 Å². The Morgan fingerprint density at radius 3 is 2.00 bits per heavy atom. The lowest BCUT2D eigenvalue weighted by molar-refractivity contribution is 0.153. The van der Waals surface area contributed by atoms with Crippen molar-refractivity contribution in [1.82, 2.24) is 0 Å². The minimum Gasteiger partial charge on any atom is -0.184 e. The molecule has 0 aliphatic carbocycles. The molecule has 0 aliphatic heterocycles. The molecule has 0 saturated carbocycles. The molecule has 7 heavy (non-hydrogen) atoms. The van der Waals surface area contributed by atoms with Crippen LogP contribution in [0.4, 0.5) is 8.78 Å². The molecule has 0 unspecified atom stereocenters. The van der Waals surface area contributed by atoms with Crippen LogP contribution < -0.4 is 0 Å². The second kappa shape index (κ2) is 2.26. The summed E-state index contributed by atoms with van der Waals surface area (Å²) in [6.45, 7) is 1.48. The Labute approximate surface area is 45.8 Å². The SMILES string of the molecule is CC=CC(F)(F)Cl. The van der Waals surface area contributed by atoms with E-state index in [0.717, 1.165) is 0 Å². The van der Waals surface area contributed by atoms with E-state index in [0.29, 0.717) is 6.08 Å². The second-order valence-corrected chi connectivity index (χ2v) is 1.55. The molecule has 0 fully saturated rings. The Morgan fingerprint density at radius 1 is 1.57 bits per heavy atom. The van der Waals surface area contributed by atoms with Crippen LogP contribution in [-0.2, 0) is 0 Å². The zero-order valence-electron chi connectivity index (χ0n) is 3.79. The van der Waals surface area contributed by atoms with E-state index in [-0.39, 0.29) is 0 Å². The molecule has 42 valence electrons. The van der Waals surface area contributed by atoms with E-state index in [1.54, 1.807) is 0 Å². The Kier molecular flexibility index (Phi) is 2.23. The van der Waals surface area contributed by atoms with Gasteiger partial charge in [0.1, 0.15) is 0 Å². The highest BCUT2D eigenvalue weighted by atomic mass is 35.5. The Bertz CT molecular complexity index is 72.2. The summed E-state index contributed by atoms with van der Waals surface area (Å²) in [6, 6.07) is 0. The zero-order chi connectivity index (χ0) is 5.91. The number of hydrogen-bond acceptors (Lipinski definition) is 0. The van der Waals surface area contributed by atoms with Gasteiger partial charge in [0.05, 0.1) is 0 Å². The number of hydrogen-bond donors (Lipinski definition) is 0. The smallest absolute Gasteiger partial charge is 0.184 e. The highest BCUT2D eigenvalue weighted by Gasteiger charge is 2.17. The third-order valence-electron chi connectivity index (χ3n) is 0.356. The van der Waals surface area contributed by atoms with Gasteiger partial charge < -0.3 is 0 Å². The molecule has 0 atom stereocenters. The first kappa shape index (κ1) is 6.89. The molecule has 0 radical (unpaired) electrons. The topological polar surface area (TPSA) is 0 Å². The van der Waals surface area contributed by atoms with Crippen molar-refractivity contribution in [3.8, 4) is 0 Å². The fraction of sp³-hybridized carbons (Fsp3) is 0.500. The van der Waals surface area contributed by atoms with Gasteiger partial charge in [-0.2, -0.15) is 8.78 Å². The van der Waals surface area contributed by atoms with Crippen molar-refractivity contribution in [2.24, 2.45) is 0 Å². The first-order chi connectivity index (χ1) is 3.06. The normalized spacial score (nSPS) is 13.1. The van der Waals surface area contributed by atoms with Gasteiger partial charge in [-0.3, -0.25) is 0 Å². The molecular formula is C4H5ClF2. The molecule has 0 amide bonds. The van der Waals surface area contributed by atoms with E-state index in [1.807, 2.05) is 0 Å². The summed E-state index contributed by atoms with van der Waals surface area (Å²) in [7, 11) is 0. The lowest BCUT2D eigenvalue weighted by atomic mass is 10.5. The third kappa shape index (κ3) is 5.89. The van der Waals surface area contributed by atoms with Gasteiger partial charge in [0.15, 0.2) is 0 Å². The Balaban J connectivity index is 3.56. The molecule has 0 aliphatic rings. The lowest BCUT2D eigenvalue weighted by Gasteiger charge is -1.95. The molecule has 0 N–H and O–H groups in total. The van der Waals surface area contributed by atoms with Crippen LogP contribution in [0.25, 0.3) is 0 Å². The summed E-state index contributed by atoms with van der Waals surface area (Å²) in [5.74, 6) is 0. The first-order valence-corrected chi connectivity index (χ1v) is 2.14.